The number of aromatic hydroxyl groups is 1. The van der Waals surface area contributed by atoms with Gasteiger partial charge in [0.05, 0.1) is 17.0 Å². The van der Waals surface area contributed by atoms with Gasteiger partial charge in [0.1, 0.15) is 10.8 Å². The van der Waals surface area contributed by atoms with Crippen molar-refractivity contribution in [3.05, 3.63) is 58.0 Å². The number of benzene rings is 2. The summed E-state index contributed by atoms with van der Waals surface area (Å²) in [4.78, 5) is 29.2. The van der Waals surface area contributed by atoms with Gasteiger partial charge in [-0.15, -0.1) is 11.3 Å². The molecule has 0 aliphatic rings. The number of carbonyl (C=O) groups is 2. The average molecular weight is 381 g/mol. The molecule has 138 valence electrons. The van der Waals surface area contributed by atoms with Crippen LogP contribution in [0, 0.1) is 6.92 Å². The molecule has 5 nitrogen and oxygen atoms in total. The molecule has 6 heteroatoms. The minimum atomic E-state index is -0.506. The number of ketones is 1. The number of esters is 1. The van der Waals surface area contributed by atoms with E-state index in [1.54, 1.807) is 19.9 Å². The fraction of sp³-hybridized carbons (Fsp3) is 0.190. The normalized spacial score (nSPS) is 11.2. The van der Waals surface area contributed by atoms with E-state index < -0.39 is 5.97 Å². The average Bonchev–Trinajstić information content (AvgIpc) is 2.97. The number of hydrogen-bond donors (Lipinski definition) is 1. The molecule has 0 amide bonds. The molecule has 1 N–H and O–H groups in total. The van der Waals surface area contributed by atoms with Gasteiger partial charge < -0.3 is 9.84 Å². The number of carbonyl (C=O) groups excluding carboxylic acids is 2. The van der Waals surface area contributed by atoms with Gasteiger partial charge >= 0.3 is 5.97 Å². The highest BCUT2D eigenvalue weighted by Gasteiger charge is 2.23. The van der Waals surface area contributed by atoms with Crippen molar-refractivity contribution >= 4 is 45.1 Å². The first kappa shape index (κ1) is 18.8. The van der Waals surface area contributed by atoms with Gasteiger partial charge in [-0.2, -0.15) is 0 Å². The molecule has 3 rings (SSSR count). The molecule has 0 aliphatic carbocycles. The Labute approximate surface area is 160 Å². The van der Waals surface area contributed by atoms with Gasteiger partial charge in [0.2, 0.25) is 0 Å². The van der Waals surface area contributed by atoms with E-state index in [1.807, 2.05) is 30.3 Å². The zero-order chi connectivity index (χ0) is 19.6. The number of aliphatic imine (C=N–C) groups is 1. The molecule has 1 heterocycles. The van der Waals surface area contributed by atoms with E-state index >= 15 is 0 Å². The molecular formula is C21H19NO4S. The van der Waals surface area contributed by atoms with E-state index in [2.05, 4.69) is 4.99 Å². The standard InChI is InChI=1S/C21H19NO4S/c1-4-26-21(25)18-12(2)19(13(3)23)27-20(18)22-11-16-15-8-6-5-7-14(15)9-10-17(16)24/h5-11,24H,4H2,1-3H3/b22-11+. The van der Waals surface area contributed by atoms with Crippen LogP contribution in [0.3, 0.4) is 0 Å². The van der Waals surface area contributed by atoms with Crippen LogP contribution in [0.2, 0.25) is 0 Å². The van der Waals surface area contributed by atoms with Crippen molar-refractivity contribution in [1.29, 1.82) is 0 Å². The summed E-state index contributed by atoms with van der Waals surface area (Å²) in [5, 5.41) is 12.5. The lowest BCUT2D eigenvalue weighted by atomic mass is 10.0. The molecule has 0 aliphatic heterocycles. The third kappa shape index (κ3) is 3.61. The highest BCUT2D eigenvalue weighted by Crippen LogP contribution is 2.37. The quantitative estimate of drug-likeness (QED) is 0.381. The van der Waals surface area contributed by atoms with Crippen LogP contribution >= 0.6 is 11.3 Å². The number of phenols is 1. The van der Waals surface area contributed by atoms with Crippen molar-refractivity contribution < 1.29 is 19.4 Å². The van der Waals surface area contributed by atoms with E-state index in [9.17, 15) is 14.7 Å². The Kier molecular flexibility index (Phi) is 5.37. The van der Waals surface area contributed by atoms with Gasteiger partial charge in [0.25, 0.3) is 0 Å². The number of Topliss-reactive ketones (excluding diaryl/α,β-unsaturated/α-hetero) is 1. The number of fused-ring (bicyclic) bond motifs is 1. The van der Waals surface area contributed by atoms with Crippen LogP contribution in [0.4, 0.5) is 5.00 Å². The van der Waals surface area contributed by atoms with Crippen molar-refractivity contribution in [1.82, 2.24) is 0 Å². The lowest BCUT2D eigenvalue weighted by Gasteiger charge is -2.05. The van der Waals surface area contributed by atoms with E-state index in [1.165, 1.54) is 13.1 Å². The van der Waals surface area contributed by atoms with Gasteiger partial charge in [0.15, 0.2) is 5.78 Å². The highest BCUT2D eigenvalue weighted by molar-refractivity contribution is 7.18. The maximum atomic E-state index is 12.4. The van der Waals surface area contributed by atoms with Crippen molar-refractivity contribution in [2.24, 2.45) is 4.99 Å². The molecule has 0 spiro atoms. The van der Waals surface area contributed by atoms with E-state index in [0.29, 0.717) is 26.6 Å². The number of phenolic OH excluding ortho intramolecular Hbond substituents is 1. The summed E-state index contributed by atoms with van der Waals surface area (Å²) < 4.78 is 5.12. The minimum Gasteiger partial charge on any atom is -0.507 e. The number of thiophene rings is 1. The van der Waals surface area contributed by atoms with Gasteiger partial charge in [-0.3, -0.25) is 4.79 Å². The molecule has 0 atom stereocenters. The van der Waals surface area contributed by atoms with Crippen molar-refractivity contribution in [3.8, 4) is 5.75 Å². The fourth-order valence-electron chi connectivity index (χ4n) is 2.91. The second kappa shape index (κ2) is 7.72. The van der Waals surface area contributed by atoms with Crippen LogP contribution in [0.15, 0.2) is 41.4 Å². The topological polar surface area (TPSA) is 76.0 Å². The Hall–Kier alpha value is -2.99. The maximum Gasteiger partial charge on any atom is 0.341 e. The zero-order valence-corrected chi connectivity index (χ0v) is 16.1. The predicted molar refractivity (Wildman–Crippen MR) is 108 cm³/mol. The Balaban J connectivity index is 2.13. The molecular weight excluding hydrogens is 362 g/mol. The Morgan fingerprint density at radius 1 is 1.22 bits per heavy atom. The van der Waals surface area contributed by atoms with Crippen molar-refractivity contribution in [2.45, 2.75) is 20.8 Å². The summed E-state index contributed by atoms with van der Waals surface area (Å²) in [6.07, 6.45) is 1.52. The number of nitrogens with zero attached hydrogens (tertiary/aromatic N) is 1. The molecule has 3 aromatic rings. The number of rotatable bonds is 5. The third-order valence-electron chi connectivity index (χ3n) is 4.19. The first-order chi connectivity index (χ1) is 12.9. The van der Waals surface area contributed by atoms with Crippen molar-refractivity contribution in [3.63, 3.8) is 0 Å². The van der Waals surface area contributed by atoms with E-state index in [0.717, 1.165) is 22.1 Å². The SMILES string of the molecule is CCOC(=O)c1c(/N=C/c2c(O)ccc3ccccc23)sc(C(C)=O)c1C. The second-order valence-corrected chi connectivity index (χ2v) is 6.99. The summed E-state index contributed by atoms with van der Waals surface area (Å²) in [6, 6.07) is 11.1. The van der Waals surface area contributed by atoms with Crippen LogP contribution in [0.5, 0.6) is 5.75 Å². The predicted octanol–water partition coefficient (Wildman–Crippen LogP) is 5.05. The first-order valence-electron chi connectivity index (χ1n) is 8.50. The van der Waals surface area contributed by atoms with E-state index in [4.69, 9.17) is 4.74 Å². The Morgan fingerprint density at radius 3 is 2.67 bits per heavy atom. The summed E-state index contributed by atoms with van der Waals surface area (Å²) in [5.41, 5.74) is 1.42. The summed E-state index contributed by atoms with van der Waals surface area (Å²) in [6.45, 7) is 5.13. The number of ether oxygens (including phenoxy) is 1. The monoisotopic (exact) mass is 381 g/mol. The molecule has 27 heavy (non-hydrogen) atoms. The van der Waals surface area contributed by atoms with E-state index in [-0.39, 0.29) is 18.1 Å². The largest absolute Gasteiger partial charge is 0.507 e. The lowest BCUT2D eigenvalue weighted by molar-refractivity contribution is 0.0527. The lowest BCUT2D eigenvalue weighted by Crippen LogP contribution is -2.06. The second-order valence-electron chi connectivity index (χ2n) is 5.99. The van der Waals surface area contributed by atoms with Gasteiger partial charge in [-0.05, 0) is 43.2 Å². The minimum absolute atomic E-state index is 0.0928. The van der Waals surface area contributed by atoms with Crippen molar-refractivity contribution in [2.75, 3.05) is 6.61 Å². The Morgan fingerprint density at radius 2 is 1.96 bits per heavy atom. The molecule has 0 saturated heterocycles. The smallest absolute Gasteiger partial charge is 0.341 e. The first-order valence-corrected chi connectivity index (χ1v) is 9.32. The zero-order valence-electron chi connectivity index (χ0n) is 15.3. The molecule has 0 unspecified atom stereocenters. The van der Waals surface area contributed by atoms with Gasteiger partial charge in [-0.25, -0.2) is 9.79 Å². The molecule has 0 radical (unpaired) electrons. The van der Waals surface area contributed by atoms with Gasteiger partial charge in [-0.1, -0.05) is 30.3 Å². The highest BCUT2D eigenvalue weighted by atomic mass is 32.1. The van der Waals surface area contributed by atoms with Crippen LogP contribution in [0.25, 0.3) is 10.8 Å². The van der Waals surface area contributed by atoms with Crippen LogP contribution in [-0.2, 0) is 4.74 Å². The molecule has 0 bridgehead atoms. The number of hydrogen-bond acceptors (Lipinski definition) is 6. The van der Waals surface area contributed by atoms with Crippen LogP contribution in [-0.4, -0.2) is 29.7 Å². The maximum absolute atomic E-state index is 12.4. The molecule has 2 aromatic carbocycles. The molecule has 0 saturated carbocycles. The van der Waals surface area contributed by atoms with Gasteiger partial charge in [0, 0.05) is 11.8 Å². The summed E-state index contributed by atoms with van der Waals surface area (Å²) in [7, 11) is 0. The van der Waals surface area contributed by atoms with Crippen LogP contribution in [0.1, 0.15) is 45.0 Å². The summed E-state index contributed by atoms with van der Waals surface area (Å²) >= 11 is 1.15. The fourth-order valence-corrected chi connectivity index (χ4v) is 3.95. The Bertz CT molecular complexity index is 1070. The molecule has 0 fully saturated rings. The molecule has 1 aromatic heterocycles. The van der Waals surface area contributed by atoms with Crippen LogP contribution < -0.4 is 0 Å². The third-order valence-corrected chi connectivity index (χ3v) is 5.49. The summed E-state index contributed by atoms with van der Waals surface area (Å²) in [5.74, 6) is -0.541.